The number of rotatable bonds is 5. The Morgan fingerprint density at radius 2 is 1.92 bits per heavy atom. The summed E-state index contributed by atoms with van der Waals surface area (Å²) in [5.41, 5.74) is 1.33. The maximum Gasteiger partial charge on any atom is 0.243 e. The molecule has 2 heterocycles. The van der Waals surface area contributed by atoms with Gasteiger partial charge < -0.3 is 4.90 Å². The highest BCUT2D eigenvalue weighted by molar-refractivity contribution is 7.89. The van der Waals surface area contributed by atoms with E-state index in [1.54, 1.807) is 6.07 Å². The van der Waals surface area contributed by atoms with E-state index in [-0.39, 0.29) is 11.4 Å². The predicted octanol–water partition coefficient (Wildman–Crippen LogP) is 2.00. The van der Waals surface area contributed by atoms with E-state index in [9.17, 15) is 12.8 Å². The van der Waals surface area contributed by atoms with Crippen molar-refractivity contribution in [3.63, 3.8) is 0 Å². The molecule has 1 aromatic heterocycles. The number of anilines is 1. The Labute approximate surface area is 140 Å². The topological polar surface area (TPSA) is 75.2 Å². The summed E-state index contributed by atoms with van der Waals surface area (Å²) in [5.74, 6) is -0.158. The molecule has 0 atom stereocenters. The van der Waals surface area contributed by atoms with E-state index in [0.29, 0.717) is 11.6 Å². The van der Waals surface area contributed by atoms with Gasteiger partial charge in [0.05, 0.1) is 12.2 Å². The summed E-state index contributed by atoms with van der Waals surface area (Å²) >= 11 is 0. The number of hydrogen-bond donors (Lipinski definition) is 1. The van der Waals surface area contributed by atoms with Crippen LogP contribution in [0.4, 0.5) is 10.3 Å². The number of aromatic nitrogens is 2. The van der Waals surface area contributed by atoms with Crippen molar-refractivity contribution in [2.75, 3.05) is 18.0 Å². The predicted molar refractivity (Wildman–Crippen MR) is 88.6 cm³/mol. The first kappa shape index (κ1) is 16.8. The number of nitrogens with zero attached hydrogens (tertiary/aromatic N) is 3. The maximum absolute atomic E-state index is 13.7. The summed E-state index contributed by atoms with van der Waals surface area (Å²) in [6, 6.07) is 7.01. The van der Waals surface area contributed by atoms with Crippen molar-refractivity contribution < 1.29 is 12.8 Å². The van der Waals surface area contributed by atoms with Crippen molar-refractivity contribution in [1.29, 1.82) is 0 Å². The molecule has 24 heavy (non-hydrogen) atoms. The summed E-state index contributed by atoms with van der Waals surface area (Å²) in [4.78, 5) is 10.6. The van der Waals surface area contributed by atoms with Crippen LogP contribution in [-0.4, -0.2) is 31.5 Å². The van der Waals surface area contributed by atoms with Crippen molar-refractivity contribution in [1.82, 2.24) is 14.7 Å². The van der Waals surface area contributed by atoms with Gasteiger partial charge in [-0.3, -0.25) is 0 Å². The van der Waals surface area contributed by atoms with E-state index >= 15 is 0 Å². The molecule has 0 radical (unpaired) electrons. The summed E-state index contributed by atoms with van der Waals surface area (Å²) in [6.07, 6.45) is 2.21. The Morgan fingerprint density at radius 1 is 1.21 bits per heavy atom. The first-order chi connectivity index (χ1) is 11.5. The minimum absolute atomic E-state index is 0.0130. The van der Waals surface area contributed by atoms with Gasteiger partial charge in [0, 0.05) is 18.8 Å². The lowest BCUT2D eigenvalue weighted by atomic mass is 10.3. The molecule has 1 aliphatic rings. The van der Waals surface area contributed by atoms with E-state index in [1.807, 2.05) is 6.92 Å². The first-order valence-corrected chi connectivity index (χ1v) is 9.28. The normalized spacial score (nSPS) is 15.0. The number of benzene rings is 1. The third-order valence-electron chi connectivity index (χ3n) is 3.85. The van der Waals surface area contributed by atoms with Crippen LogP contribution >= 0.6 is 0 Å². The molecular formula is C16H19FN4O2S. The smallest absolute Gasteiger partial charge is 0.243 e. The molecule has 0 amide bonds. The third-order valence-corrected chi connectivity index (χ3v) is 5.29. The van der Waals surface area contributed by atoms with E-state index in [4.69, 9.17) is 0 Å². The van der Waals surface area contributed by atoms with Gasteiger partial charge in [-0.25, -0.2) is 27.5 Å². The molecule has 0 saturated carbocycles. The van der Waals surface area contributed by atoms with Crippen molar-refractivity contribution in [2.24, 2.45) is 0 Å². The van der Waals surface area contributed by atoms with Gasteiger partial charge in [-0.2, -0.15) is 0 Å². The molecule has 1 fully saturated rings. The summed E-state index contributed by atoms with van der Waals surface area (Å²) in [6.45, 7) is 3.64. The Morgan fingerprint density at radius 3 is 2.62 bits per heavy atom. The number of halogens is 1. The van der Waals surface area contributed by atoms with E-state index < -0.39 is 15.8 Å². The van der Waals surface area contributed by atoms with E-state index in [2.05, 4.69) is 19.6 Å². The molecule has 0 aliphatic carbocycles. The fourth-order valence-electron chi connectivity index (χ4n) is 2.68. The Balaban J connectivity index is 1.78. The molecule has 2 aromatic rings. The van der Waals surface area contributed by atoms with Gasteiger partial charge in [0.2, 0.25) is 16.0 Å². The van der Waals surface area contributed by atoms with Crippen LogP contribution in [0.5, 0.6) is 0 Å². The average molecular weight is 350 g/mol. The minimum Gasteiger partial charge on any atom is -0.341 e. The number of sulfonamides is 1. The van der Waals surface area contributed by atoms with Gasteiger partial charge in [-0.1, -0.05) is 12.1 Å². The van der Waals surface area contributed by atoms with Crippen LogP contribution in [0, 0.1) is 12.7 Å². The van der Waals surface area contributed by atoms with Gasteiger partial charge in [0.15, 0.2) is 0 Å². The monoisotopic (exact) mass is 350 g/mol. The first-order valence-electron chi connectivity index (χ1n) is 7.79. The molecule has 0 unspecified atom stereocenters. The highest BCUT2D eigenvalue weighted by Crippen LogP contribution is 2.17. The molecule has 8 heteroatoms. The third kappa shape index (κ3) is 3.70. The molecule has 1 saturated heterocycles. The molecule has 128 valence electrons. The number of aryl methyl sites for hydroxylation is 1. The lowest BCUT2D eigenvalue weighted by Crippen LogP contribution is -2.26. The van der Waals surface area contributed by atoms with Crippen LogP contribution in [0.25, 0.3) is 0 Å². The minimum atomic E-state index is -3.93. The highest BCUT2D eigenvalue weighted by Gasteiger charge is 2.20. The summed E-state index contributed by atoms with van der Waals surface area (Å²) in [7, 11) is -3.93. The quantitative estimate of drug-likeness (QED) is 0.893. The molecule has 1 aromatic carbocycles. The number of nitrogens with one attached hydrogen (secondary N) is 1. The van der Waals surface area contributed by atoms with Crippen LogP contribution < -0.4 is 9.62 Å². The Bertz CT molecular complexity index is 836. The number of hydrogen-bond acceptors (Lipinski definition) is 5. The Hall–Kier alpha value is -2.06. The fraction of sp³-hybridized carbons (Fsp3) is 0.375. The van der Waals surface area contributed by atoms with Crippen LogP contribution in [0.3, 0.4) is 0 Å². The lowest BCUT2D eigenvalue weighted by molar-refractivity contribution is 0.556. The average Bonchev–Trinajstić information content (AvgIpc) is 3.07. The van der Waals surface area contributed by atoms with E-state index in [1.165, 1.54) is 18.2 Å². The van der Waals surface area contributed by atoms with Gasteiger partial charge in [0.1, 0.15) is 10.7 Å². The fourth-order valence-corrected chi connectivity index (χ4v) is 3.75. The largest absolute Gasteiger partial charge is 0.341 e. The van der Waals surface area contributed by atoms with Gasteiger partial charge in [-0.15, -0.1) is 0 Å². The second-order valence-electron chi connectivity index (χ2n) is 5.75. The van der Waals surface area contributed by atoms with Crippen molar-refractivity contribution in [3.8, 4) is 0 Å². The van der Waals surface area contributed by atoms with E-state index in [0.717, 1.165) is 37.7 Å². The second kappa shape index (κ2) is 6.82. The molecule has 0 spiro atoms. The molecule has 6 nitrogen and oxygen atoms in total. The van der Waals surface area contributed by atoms with Crippen molar-refractivity contribution in [2.45, 2.75) is 31.2 Å². The van der Waals surface area contributed by atoms with Crippen LogP contribution in [0.2, 0.25) is 0 Å². The zero-order chi connectivity index (χ0) is 17.2. The molecule has 0 bridgehead atoms. The Kier molecular flexibility index (Phi) is 4.77. The zero-order valence-corrected chi connectivity index (χ0v) is 14.2. The highest BCUT2D eigenvalue weighted by atomic mass is 32.2. The van der Waals surface area contributed by atoms with Crippen molar-refractivity contribution in [3.05, 3.63) is 47.5 Å². The maximum atomic E-state index is 13.7. The van der Waals surface area contributed by atoms with Crippen LogP contribution in [0.15, 0.2) is 35.2 Å². The molecule has 1 N–H and O–H groups in total. The van der Waals surface area contributed by atoms with Crippen LogP contribution in [-0.2, 0) is 16.6 Å². The molecular weight excluding hydrogens is 331 g/mol. The van der Waals surface area contributed by atoms with Crippen LogP contribution in [0.1, 0.15) is 24.2 Å². The van der Waals surface area contributed by atoms with Gasteiger partial charge >= 0.3 is 0 Å². The lowest BCUT2D eigenvalue weighted by Gasteiger charge is -2.16. The summed E-state index contributed by atoms with van der Waals surface area (Å²) in [5, 5.41) is 0. The zero-order valence-electron chi connectivity index (χ0n) is 13.4. The molecule has 1 aliphatic heterocycles. The van der Waals surface area contributed by atoms with Gasteiger partial charge in [-0.05, 0) is 38.0 Å². The second-order valence-corrected chi connectivity index (χ2v) is 7.49. The standard InChI is InChI=1S/C16H19FN4O2S/c1-12-10-13(20-16(19-12)21-8-4-5-9-21)11-18-24(22,23)15-7-3-2-6-14(15)17/h2-3,6-7,10,18H,4-5,8-9,11H2,1H3. The molecule has 3 rings (SSSR count). The van der Waals surface area contributed by atoms with Crippen molar-refractivity contribution >= 4 is 16.0 Å². The van der Waals surface area contributed by atoms with Gasteiger partial charge in [0.25, 0.3) is 0 Å². The summed E-state index contributed by atoms with van der Waals surface area (Å²) < 4.78 is 40.6. The SMILES string of the molecule is Cc1cc(CNS(=O)(=O)c2ccccc2F)nc(N2CCCC2)n1.